The van der Waals surface area contributed by atoms with Crippen LogP contribution in [0.1, 0.15) is 59.8 Å². The maximum atomic E-state index is 13.2. The lowest BCUT2D eigenvalue weighted by molar-refractivity contribution is -0.332. The van der Waals surface area contributed by atoms with E-state index in [1.807, 2.05) is 26.8 Å². The number of amides is 1. The second-order valence-electron chi connectivity index (χ2n) is 12.1. The normalized spacial score (nSPS) is 36.5. The highest BCUT2D eigenvalue weighted by Crippen LogP contribution is 2.44. The van der Waals surface area contributed by atoms with Crippen LogP contribution >= 0.6 is 0 Å². The summed E-state index contributed by atoms with van der Waals surface area (Å²) in [5.41, 5.74) is 0.0842. The van der Waals surface area contributed by atoms with Crippen LogP contribution in [0.2, 0.25) is 0 Å². The highest BCUT2D eigenvalue weighted by atomic mass is 16.7. The van der Waals surface area contributed by atoms with Gasteiger partial charge >= 0.3 is 5.97 Å². The molecular formula is C30H47NO11. The number of methoxy groups -OCH3 is 1. The van der Waals surface area contributed by atoms with Crippen LogP contribution in [-0.2, 0) is 33.3 Å². The van der Waals surface area contributed by atoms with Crippen LogP contribution < -0.4 is 5.32 Å². The topological polar surface area (TPSA) is 173 Å². The molecule has 0 bridgehead atoms. The summed E-state index contributed by atoms with van der Waals surface area (Å²) in [5, 5.41) is 43.9. The van der Waals surface area contributed by atoms with Gasteiger partial charge in [0.1, 0.15) is 19.0 Å². The third-order valence-corrected chi connectivity index (χ3v) is 8.63. The first-order valence-corrected chi connectivity index (χ1v) is 14.4. The standard InChI is InChI=1S/C30H47NO11/c1-17-15-30(37,42-19(3)18(17)2)25(35)27(36)31-28-24-23(39-16-40-28)26(38-6)29(4,5)21(41-24)14-20(32)12-10-8-7-9-11-13-22(33)34/h7,9,11,13,18-21,23-26,28,32,35,37H,1,8,10,12,14-16H2,2-6H3,(H,31,36)(H,33,34)/b9-7+,13-11+/t18-,19-,20-,21-,23?,24+,25-,26-,28+,30-/m1/s1. The van der Waals surface area contributed by atoms with Gasteiger partial charge in [-0.15, -0.1) is 0 Å². The summed E-state index contributed by atoms with van der Waals surface area (Å²) < 4.78 is 29.5. The van der Waals surface area contributed by atoms with Crippen LogP contribution in [0, 0.1) is 11.3 Å². The zero-order valence-electron chi connectivity index (χ0n) is 25.1. The highest BCUT2D eigenvalue weighted by Gasteiger charge is 2.57. The fourth-order valence-electron chi connectivity index (χ4n) is 5.87. The number of rotatable bonds is 12. The minimum atomic E-state index is -2.14. The van der Waals surface area contributed by atoms with Crippen molar-refractivity contribution in [2.45, 2.75) is 115 Å². The number of carboxylic acid groups (broad SMARTS) is 1. The van der Waals surface area contributed by atoms with E-state index in [-0.39, 0.29) is 25.6 Å². The molecule has 0 spiro atoms. The van der Waals surface area contributed by atoms with Crippen LogP contribution in [0.15, 0.2) is 36.5 Å². The van der Waals surface area contributed by atoms with E-state index in [0.29, 0.717) is 24.8 Å². The summed E-state index contributed by atoms with van der Waals surface area (Å²) in [6, 6.07) is 0. The van der Waals surface area contributed by atoms with Crippen LogP contribution in [0.3, 0.4) is 0 Å². The van der Waals surface area contributed by atoms with Crippen molar-refractivity contribution < 1.29 is 53.7 Å². The number of hydrogen-bond donors (Lipinski definition) is 5. The first-order valence-electron chi connectivity index (χ1n) is 14.4. The number of ether oxygens (including phenoxy) is 5. The number of aliphatic hydroxyl groups is 3. The van der Waals surface area contributed by atoms with Gasteiger partial charge in [0.2, 0.25) is 5.79 Å². The predicted octanol–water partition coefficient (Wildman–Crippen LogP) is 1.78. The Morgan fingerprint density at radius 2 is 1.90 bits per heavy atom. The van der Waals surface area contributed by atoms with Gasteiger partial charge in [0, 0.05) is 37.4 Å². The number of carbonyl (C=O) groups excluding carboxylic acids is 1. The van der Waals surface area contributed by atoms with Crippen molar-refractivity contribution in [2.24, 2.45) is 11.3 Å². The van der Waals surface area contributed by atoms with Gasteiger partial charge in [0.05, 0.1) is 24.4 Å². The number of carbonyl (C=O) groups is 2. The number of aliphatic carboxylic acids is 1. The lowest BCUT2D eigenvalue weighted by Crippen LogP contribution is -2.69. The summed E-state index contributed by atoms with van der Waals surface area (Å²) in [5.74, 6) is -4.10. The summed E-state index contributed by atoms with van der Waals surface area (Å²) in [6.45, 7) is 11.4. The molecule has 0 saturated carbocycles. The van der Waals surface area contributed by atoms with Gasteiger partial charge in [0.25, 0.3) is 5.91 Å². The fraction of sp³-hybridized carbons (Fsp3) is 0.733. The Morgan fingerprint density at radius 1 is 1.19 bits per heavy atom. The number of nitrogens with one attached hydrogen (secondary N) is 1. The number of fused-ring (bicyclic) bond motifs is 1. The zero-order valence-corrected chi connectivity index (χ0v) is 25.1. The monoisotopic (exact) mass is 597 g/mol. The third kappa shape index (κ3) is 8.06. The first-order chi connectivity index (χ1) is 19.7. The Labute approximate surface area is 247 Å². The Bertz CT molecular complexity index is 1010. The molecule has 1 unspecified atom stereocenters. The van der Waals surface area contributed by atoms with Crippen molar-refractivity contribution in [2.75, 3.05) is 13.9 Å². The molecule has 3 aliphatic heterocycles. The van der Waals surface area contributed by atoms with E-state index in [1.165, 1.54) is 6.08 Å². The summed E-state index contributed by atoms with van der Waals surface area (Å²) >= 11 is 0. The van der Waals surface area contributed by atoms with Crippen LogP contribution in [0.5, 0.6) is 0 Å². The fourth-order valence-corrected chi connectivity index (χ4v) is 5.87. The molecule has 5 N–H and O–H groups in total. The minimum Gasteiger partial charge on any atom is -0.478 e. The molecule has 3 fully saturated rings. The molecule has 3 heterocycles. The predicted molar refractivity (Wildman–Crippen MR) is 151 cm³/mol. The van der Waals surface area contributed by atoms with Crippen molar-refractivity contribution in [3.05, 3.63) is 36.5 Å². The van der Waals surface area contributed by atoms with Crippen LogP contribution in [-0.4, -0.2) is 101 Å². The lowest BCUT2D eigenvalue weighted by Gasteiger charge is -2.54. The molecule has 238 valence electrons. The SMILES string of the molecule is C=C1C[C@](O)([C@H](O)C(=O)N[C@H]2OCOC3[C@@H](OC)C(C)(C)[C@@H](C[C@H](O)CCC/C=C/C=C/C(=O)O)O[C@@H]32)O[C@H](C)[C@@H]1C. The molecule has 0 aromatic carbocycles. The van der Waals surface area contributed by atoms with Gasteiger partial charge in [-0.2, -0.15) is 0 Å². The third-order valence-electron chi connectivity index (χ3n) is 8.63. The highest BCUT2D eigenvalue weighted by molar-refractivity contribution is 5.82. The van der Waals surface area contributed by atoms with Gasteiger partial charge in [-0.05, 0) is 26.2 Å². The van der Waals surface area contributed by atoms with Crippen LogP contribution in [0.4, 0.5) is 0 Å². The maximum absolute atomic E-state index is 13.2. The second-order valence-corrected chi connectivity index (χ2v) is 12.1. The minimum absolute atomic E-state index is 0.0465. The van der Waals surface area contributed by atoms with E-state index in [0.717, 1.165) is 6.08 Å². The number of carboxylic acids is 1. The molecule has 12 nitrogen and oxygen atoms in total. The van der Waals surface area contributed by atoms with Crippen LogP contribution in [0.25, 0.3) is 0 Å². The molecular weight excluding hydrogens is 550 g/mol. The van der Waals surface area contributed by atoms with Gasteiger partial charge in [-0.1, -0.05) is 51.2 Å². The molecule has 3 rings (SSSR count). The van der Waals surface area contributed by atoms with E-state index in [4.69, 9.17) is 28.8 Å². The van der Waals surface area contributed by atoms with Gasteiger partial charge in [-0.25, -0.2) is 4.79 Å². The van der Waals surface area contributed by atoms with E-state index in [9.17, 15) is 24.9 Å². The summed E-state index contributed by atoms with van der Waals surface area (Å²) in [7, 11) is 1.56. The molecule has 12 heteroatoms. The van der Waals surface area contributed by atoms with E-state index in [2.05, 4.69) is 11.9 Å². The lowest BCUT2D eigenvalue weighted by atomic mass is 9.72. The average molecular weight is 598 g/mol. The van der Waals surface area contributed by atoms with Crippen molar-refractivity contribution in [1.29, 1.82) is 0 Å². The average Bonchev–Trinajstić information content (AvgIpc) is 2.91. The smallest absolute Gasteiger partial charge is 0.328 e. The van der Waals surface area contributed by atoms with Crippen molar-refractivity contribution in [1.82, 2.24) is 5.32 Å². The van der Waals surface area contributed by atoms with Gasteiger partial charge < -0.3 is 49.4 Å². The van der Waals surface area contributed by atoms with Crippen molar-refractivity contribution in [3.8, 4) is 0 Å². The molecule has 3 aliphatic rings. The number of hydrogen-bond acceptors (Lipinski definition) is 10. The largest absolute Gasteiger partial charge is 0.478 e. The number of aliphatic hydroxyl groups excluding tert-OH is 2. The van der Waals surface area contributed by atoms with E-state index in [1.54, 1.807) is 20.1 Å². The van der Waals surface area contributed by atoms with E-state index < -0.39 is 72.0 Å². The molecule has 3 saturated heterocycles. The quantitative estimate of drug-likeness (QED) is 0.0960. The van der Waals surface area contributed by atoms with Crippen molar-refractivity contribution in [3.63, 3.8) is 0 Å². The summed E-state index contributed by atoms with van der Waals surface area (Å²) in [4.78, 5) is 23.7. The maximum Gasteiger partial charge on any atom is 0.328 e. The number of unbranched alkanes of at least 4 members (excludes halogenated alkanes) is 1. The zero-order chi connectivity index (χ0) is 31.2. The molecule has 0 aromatic rings. The molecule has 10 atom stereocenters. The van der Waals surface area contributed by atoms with E-state index >= 15 is 0 Å². The first kappa shape index (κ1) is 34.3. The number of allylic oxidation sites excluding steroid dienone is 3. The molecule has 1 amide bonds. The molecule has 0 aromatic heterocycles. The van der Waals surface area contributed by atoms with Gasteiger partial charge in [0.15, 0.2) is 12.3 Å². The molecule has 42 heavy (non-hydrogen) atoms. The molecule has 0 aliphatic carbocycles. The molecule has 0 radical (unpaired) electrons. The Balaban J connectivity index is 1.66. The van der Waals surface area contributed by atoms with Crippen molar-refractivity contribution >= 4 is 11.9 Å². The Hall–Kier alpha value is -2.16. The Kier molecular flexibility index (Phi) is 11.9. The summed E-state index contributed by atoms with van der Waals surface area (Å²) in [6.07, 6.45) is 1.50. The Morgan fingerprint density at radius 3 is 2.55 bits per heavy atom. The second kappa shape index (κ2) is 14.5. The van der Waals surface area contributed by atoms with Gasteiger partial charge in [-0.3, -0.25) is 4.79 Å².